The van der Waals surface area contributed by atoms with Crippen molar-refractivity contribution in [1.82, 2.24) is 5.32 Å². The molecule has 13 heavy (non-hydrogen) atoms. The molecule has 2 nitrogen and oxygen atoms in total. The molecule has 5 heteroatoms. The Morgan fingerprint density at radius 2 is 2.54 bits per heavy atom. The van der Waals surface area contributed by atoms with Crippen molar-refractivity contribution in [3.05, 3.63) is 20.8 Å². The van der Waals surface area contributed by atoms with E-state index in [0.717, 1.165) is 3.79 Å². The molecule has 0 bridgehead atoms. The first-order valence-electron chi connectivity index (χ1n) is 3.74. The van der Waals surface area contributed by atoms with Crippen LogP contribution in [-0.2, 0) is 0 Å². The molecule has 0 aliphatic heterocycles. The van der Waals surface area contributed by atoms with Crippen molar-refractivity contribution < 1.29 is 4.79 Å². The molecule has 1 amide bonds. The summed E-state index contributed by atoms with van der Waals surface area (Å²) in [5.74, 6) is 0.354. The van der Waals surface area contributed by atoms with Crippen LogP contribution in [-0.4, -0.2) is 17.8 Å². The molecule has 0 saturated heterocycles. The number of amides is 1. The predicted molar refractivity (Wildman–Crippen MR) is 59.7 cm³/mol. The third kappa shape index (κ3) is 3.29. The van der Waals surface area contributed by atoms with E-state index < -0.39 is 0 Å². The van der Waals surface area contributed by atoms with Crippen LogP contribution in [0.4, 0.5) is 0 Å². The maximum Gasteiger partial charge on any atom is 0.252 e. The highest BCUT2D eigenvalue weighted by atomic mass is 79.9. The van der Waals surface area contributed by atoms with Gasteiger partial charge in [-0.15, -0.1) is 22.9 Å². The fourth-order valence-corrected chi connectivity index (χ4v) is 1.99. The van der Waals surface area contributed by atoms with Crippen molar-refractivity contribution >= 4 is 44.8 Å². The fraction of sp³-hybridized carbons (Fsp3) is 0.375. The van der Waals surface area contributed by atoms with E-state index in [9.17, 15) is 4.79 Å². The van der Waals surface area contributed by atoms with E-state index in [1.165, 1.54) is 11.3 Å². The van der Waals surface area contributed by atoms with Gasteiger partial charge < -0.3 is 5.32 Å². The van der Waals surface area contributed by atoms with Crippen molar-refractivity contribution in [1.29, 1.82) is 0 Å². The third-order valence-corrected chi connectivity index (χ3v) is 3.41. The Morgan fingerprint density at radius 3 is 3.00 bits per heavy atom. The first-order valence-corrected chi connectivity index (χ1v) is 5.95. The van der Waals surface area contributed by atoms with E-state index in [2.05, 4.69) is 21.2 Å². The Bertz CT molecular complexity index is 302. The van der Waals surface area contributed by atoms with Crippen molar-refractivity contribution in [3.8, 4) is 0 Å². The third-order valence-electron chi connectivity index (χ3n) is 1.44. The molecular weight excluding hydrogens is 274 g/mol. The smallest absolute Gasteiger partial charge is 0.252 e. The Balaban J connectivity index is 2.58. The number of carbonyl (C=O) groups is 1. The zero-order valence-corrected chi connectivity index (χ0v) is 10.2. The fourth-order valence-electron chi connectivity index (χ4n) is 0.775. The van der Waals surface area contributed by atoms with Gasteiger partial charge in [0.1, 0.15) is 0 Å². The first kappa shape index (κ1) is 11.0. The van der Waals surface area contributed by atoms with Crippen molar-refractivity contribution in [2.45, 2.75) is 13.0 Å². The molecule has 0 saturated carbocycles. The van der Waals surface area contributed by atoms with Crippen LogP contribution < -0.4 is 5.32 Å². The molecule has 0 aliphatic carbocycles. The summed E-state index contributed by atoms with van der Waals surface area (Å²) in [5, 5.41) is 4.58. The van der Waals surface area contributed by atoms with Gasteiger partial charge in [-0.25, -0.2) is 0 Å². The molecule has 72 valence electrons. The Morgan fingerprint density at radius 1 is 1.85 bits per heavy atom. The molecule has 0 aromatic carbocycles. The lowest BCUT2D eigenvalue weighted by molar-refractivity contribution is 0.0944. The molecule has 0 aliphatic rings. The summed E-state index contributed by atoms with van der Waals surface area (Å²) in [6, 6.07) is 1.80. The summed E-state index contributed by atoms with van der Waals surface area (Å²) in [7, 11) is 0. The molecule has 0 spiro atoms. The molecule has 1 heterocycles. The zero-order chi connectivity index (χ0) is 9.84. The lowest BCUT2D eigenvalue weighted by Crippen LogP contribution is -2.33. The van der Waals surface area contributed by atoms with Gasteiger partial charge in [-0.3, -0.25) is 4.79 Å². The zero-order valence-electron chi connectivity index (χ0n) is 7.01. The van der Waals surface area contributed by atoms with Gasteiger partial charge in [-0.05, 0) is 28.9 Å². The first-order chi connectivity index (χ1) is 6.13. The van der Waals surface area contributed by atoms with Crippen molar-refractivity contribution in [2.24, 2.45) is 0 Å². The number of halogens is 2. The molecule has 1 aromatic rings. The summed E-state index contributed by atoms with van der Waals surface area (Å²) in [5.41, 5.74) is 0.675. The molecule has 0 radical (unpaired) electrons. The SMILES string of the molecule is CC(CCl)NC(=O)c1csc(Br)c1. The van der Waals surface area contributed by atoms with E-state index in [1.807, 2.05) is 6.92 Å². The Hall–Kier alpha value is -0.0600. The number of thiophene rings is 1. The van der Waals surface area contributed by atoms with E-state index in [-0.39, 0.29) is 11.9 Å². The summed E-state index contributed by atoms with van der Waals surface area (Å²) < 4.78 is 0.955. The Labute approximate surface area is 94.4 Å². The summed E-state index contributed by atoms with van der Waals surface area (Å²) in [6.45, 7) is 1.87. The monoisotopic (exact) mass is 281 g/mol. The van der Waals surface area contributed by atoms with Crippen LogP contribution in [0.5, 0.6) is 0 Å². The second kappa shape index (κ2) is 4.98. The average Bonchev–Trinajstić information content (AvgIpc) is 2.51. The van der Waals surface area contributed by atoms with Gasteiger partial charge in [-0.1, -0.05) is 0 Å². The second-order valence-corrected chi connectivity index (χ2v) is 5.27. The average molecular weight is 283 g/mol. The number of rotatable bonds is 3. The van der Waals surface area contributed by atoms with Gasteiger partial charge in [0.25, 0.3) is 5.91 Å². The standard InChI is InChI=1S/C8H9BrClNOS/c1-5(3-10)11-8(12)6-2-7(9)13-4-6/h2,4-5H,3H2,1H3,(H,11,12). The summed E-state index contributed by atoms with van der Waals surface area (Å²) in [4.78, 5) is 11.4. The van der Waals surface area contributed by atoms with Gasteiger partial charge >= 0.3 is 0 Å². The van der Waals surface area contributed by atoms with Crippen molar-refractivity contribution in [3.63, 3.8) is 0 Å². The van der Waals surface area contributed by atoms with Gasteiger partial charge in [0.15, 0.2) is 0 Å². The van der Waals surface area contributed by atoms with Crippen LogP contribution in [0, 0.1) is 0 Å². The van der Waals surface area contributed by atoms with Crippen LogP contribution in [0.25, 0.3) is 0 Å². The van der Waals surface area contributed by atoms with E-state index in [4.69, 9.17) is 11.6 Å². The predicted octanol–water partition coefficient (Wildman–Crippen LogP) is 2.87. The highest BCUT2D eigenvalue weighted by molar-refractivity contribution is 9.11. The van der Waals surface area contributed by atoms with Gasteiger partial charge in [-0.2, -0.15) is 0 Å². The van der Waals surface area contributed by atoms with Crippen LogP contribution >= 0.6 is 38.9 Å². The molecule has 1 rings (SSSR count). The highest BCUT2D eigenvalue weighted by Gasteiger charge is 2.09. The van der Waals surface area contributed by atoms with Crippen molar-refractivity contribution in [2.75, 3.05) is 5.88 Å². The normalized spacial score (nSPS) is 12.5. The summed E-state index contributed by atoms with van der Waals surface area (Å²) in [6.07, 6.45) is 0. The van der Waals surface area contributed by atoms with E-state index >= 15 is 0 Å². The minimum absolute atomic E-state index is 0.00726. The topological polar surface area (TPSA) is 29.1 Å². The van der Waals surface area contributed by atoms with Crippen LogP contribution in [0.2, 0.25) is 0 Å². The van der Waals surface area contributed by atoms with Crippen LogP contribution in [0.15, 0.2) is 15.2 Å². The Kier molecular flexibility index (Phi) is 4.22. The number of nitrogens with one attached hydrogen (secondary N) is 1. The molecule has 1 aromatic heterocycles. The minimum atomic E-state index is -0.0740. The van der Waals surface area contributed by atoms with Crippen LogP contribution in [0.1, 0.15) is 17.3 Å². The maximum atomic E-state index is 11.4. The second-order valence-electron chi connectivity index (χ2n) is 2.67. The maximum absolute atomic E-state index is 11.4. The van der Waals surface area contributed by atoms with E-state index in [0.29, 0.717) is 11.4 Å². The van der Waals surface area contributed by atoms with Gasteiger partial charge in [0.05, 0.1) is 9.35 Å². The number of alkyl halides is 1. The minimum Gasteiger partial charge on any atom is -0.348 e. The largest absolute Gasteiger partial charge is 0.348 e. The lowest BCUT2D eigenvalue weighted by atomic mass is 10.3. The molecular formula is C8H9BrClNOS. The summed E-state index contributed by atoms with van der Waals surface area (Å²) >= 11 is 10.4. The molecule has 1 N–H and O–H groups in total. The molecule has 0 fully saturated rings. The van der Waals surface area contributed by atoms with Crippen LogP contribution in [0.3, 0.4) is 0 Å². The highest BCUT2D eigenvalue weighted by Crippen LogP contribution is 2.20. The molecule has 1 unspecified atom stereocenters. The number of hydrogen-bond acceptors (Lipinski definition) is 2. The number of hydrogen-bond donors (Lipinski definition) is 1. The molecule has 1 atom stereocenters. The van der Waals surface area contributed by atoms with E-state index in [1.54, 1.807) is 11.4 Å². The quantitative estimate of drug-likeness (QED) is 0.849. The number of carbonyl (C=O) groups excluding carboxylic acids is 1. The van der Waals surface area contributed by atoms with Gasteiger partial charge in [0, 0.05) is 17.3 Å². The van der Waals surface area contributed by atoms with Gasteiger partial charge in [0.2, 0.25) is 0 Å². The lowest BCUT2D eigenvalue weighted by Gasteiger charge is -2.08.